The Bertz CT molecular complexity index is 1120. The molecule has 1 fully saturated rings. The molecule has 1 saturated heterocycles. The molecule has 0 saturated carbocycles. The summed E-state index contributed by atoms with van der Waals surface area (Å²) in [5.41, 5.74) is 1.91. The summed E-state index contributed by atoms with van der Waals surface area (Å²) < 4.78 is 16.1. The zero-order valence-corrected chi connectivity index (χ0v) is 18.3. The minimum atomic E-state index is -0.674. The Morgan fingerprint density at radius 3 is 2.66 bits per heavy atom. The molecule has 8 nitrogen and oxygen atoms in total. The first-order chi connectivity index (χ1) is 15.5. The Labute approximate surface area is 189 Å². The van der Waals surface area contributed by atoms with E-state index in [9.17, 15) is 19.6 Å². The summed E-state index contributed by atoms with van der Waals surface area (Å²) in [5.74, 6) is -0.288. The summed E-state index contributed by atoms with van der Waals surface area (Å²) >= 11 is 0.752. The Morgan fingerprint density at radius 2 is 1.94 bits per heavy atom. The third-order valence-electron chi connectivity index (χ3n) is 4.47. The normalized spacial score (nSPS) is 14.4. The van der Waals surface area contributed by atoms with Crippen molar-refractivity contribution in [2.75, 3.05) is 20.3 Å². The molecule has 0 N–H and O–H groups in total. The summed E-state index contributed by atoms with van der Waals surface area (Å²) in [6, 6.07) is 14.4. The number of amides is 2. The molecular formula is C23H20N2O6S. The van der Waals surface area contributed by atoms with Gasteiger partial charge in [0.05, 0.1) is 30.3 Å². The van der Waals surface area contributed by atoms with Gasteiger partial charge in [0.2, 0.25) is 0 Å². The van der Waals surface area contributed by atoms with E-state index in [1.165, 1.54) is 7.11 Å². The van der Waals surface area contributed by atoms with Gasteiger partial charge in [-0.3, -0.25) is 19.3 Å². The number of esters is 1. The molecule has 164 valence electrons. The molecule has 0 aliphatic carbocycles. The van der Waals surface area contributed by atoms with Crippen molar-refractivity contribution in [1.29, 1.82) is 5.26 Å². The zero-order valence-electron chi connectivity index (χ0n) is 17.5. The monoisotopic (exact) mass is 452 g/mol. The highest BCUT2D eigenvalue weighted by molar-refractivity contribution is 8.18. The van der Waals surface area contributed by atoms with Crippen LogP contribution in [-0.2, 0) is 20.9 Å². The van der Waals surface area contributed by atoms with Gasteiger partial charge < -0.3 is 14.2 Å². The Kier molecular flexibility index (Phi) is 7.52. The van der Waals surface area contributed by atoms with Crippen LogP contribution in [0, 0.1) is 11.3 Å². The fourth-order valence-corrected chi connectivity index (χ4v) is 3.73. The third kappa shape index (κ3) is 5.28. The number of ether oxygens (including phenoxy) is 3. The zero-order chi connectivity index (χ0) is 23.1. The molecule has 0 atom stereocenters. The summed E-state index contributed by atoms with van der Waals surface area (Å²) in [5, 5.41) is 8.69. The van der Waals surface area contributed by atoms with Crippen LogP contribution in [0.25, 0.3) is 6.08 Å². The number of nitrogens with zero attached hydrogens (tertiary/aromatic N) is 2. The van der Waals surface area contributed by atoms with Crippen molar-refractivity contribution in [3.05, 3.63) is 64.1 Å². The van der Waals surface area contributed by atoms with E-state index < -0.39 is 23.7 Å². The molecule has 1 aliphatic rings. The number of benzene rings is 2. The van der Waals surface area contributed by atoms with Crippen molar-refractivity contribution in [1.82, 2.24) is 4.90 Å². The maximum atomic E-state index is 12.5. The molecule has 3 rings (SSSR count). The molecule has 2 aromatic rings. The smallest absolute Gasteiger partial charge is 0.325 e. The number of hydrogen-bond donors (Lipinski definition) is 0. The molecule has 9 heteroatoms. The van der Waals surface area contributed by atoms with Crippen LogP contribution < -0.4 is 9.47 Å². The van der Waals surface area contributed by atoms with E-state index in [1.54, 1.807) is 36.4 Å². The van der Waals surface area contributed by atoms with Gasteiger partial charge in [-0.2, -0.15) is 5.26 Å². The number of thioether (sulfide) groups is 1. The summed E-state index contributed by atoms with van der Waals surface area (Å²) in [6.07, 6.45) is 1.56. The Hall–Kier alpha value is -3.77. The average molecular weight is 452 g/mol. The van der Waals surface area contributed by atoms with Crippen LogP contribution in [-0.4, -0.2) is 42.3 Å². The van der Waals surface area contributed by atoms with E-state index in [0.29, 0.717) is 29.2 Å². The van der Waals surface area contributed by atoms with Gasteiger partial charge in [0.15, 0.2) is 11.5 Å². The van der Waals surface area contributed by atoms with Crippen molar-refractivity contribution < 1.29 is 28.6 Å². The van der Waals surface area contributed by atoms with Gasteiger partial charge in [-0.15, -0.1) is 0 Å². The van der Waals surface area contributed by atoms with E-state index in [2.05, 4.69) is 10.8 Å². The van der Waals surface area contributed by atoms with Crippen LogP contribution >= 0.6 is 11.8 Å². The van der Waals surface area contributed by atoms with E-state index in [-0.39, 0.29) is 11.5 Å². The largest absolute Gasteiger partial charge is 0.490 e. The first kappa shape index (κ1) is 22.9. The minimum absolute atomic E-state index is 0.190. The standard InChI is InChI=1S/C23H20N2O6S/c1-3-30-19-10-15(11-20-22(27)25(23(28)32-20)13-21(26)29-2)8-9-18(19)31-14-17-7-5-4-6-16(17)12-24/h4-11H,3,13-14H2,1-2H3/b20-11+. The van der Waals surface area contributed by atoms with Gasteiger partial charge in [-0.1, -0.05) is 24.3 Å². The highest BCUT2D eigenvalue weighted by atomic mass is 32.2. The fourth-order valence-electron chi connectivity index (χ4n) is 2.89. The van der Waals surface area contributed by atoms with Gasteiger partial charge in [-0.05, 0) is 48.5 Å². The summed E-state index contributed by atoms with van der Waals surface area (Å²) in [6.45, 7) is 1.99. The van der Waals surface area contributed by atoms with Gasteiger partial charge in [-0.25, -0.2) is 0 Å². The number of carbonyl (C=O) groups is 3. The predicted octanol–water partition coefficient (Wildman–Crippen LogP) is 3.75. The molecule has 0 aromatic heterocycles. The van der Waals surface area contributed by atoms with Crippen molar-refractivity contribution in [3.8, 4) is 17.6 Å². The lowest BCUT2D eigenvalue weighted by atomic mass is 10.1. The summed E-state index contributed by atoms with van der Waals surface area (Å²) in [7, 11) is 1.19. The molecule has 2 aromatic carbocycles. The molecular weight excluding hydrogens is 432 g/mol. The van der Waals surface area contributed by atoms with E-state index in [4.69, 9.17) is 9.47 Å². The van der Waals surface area contributed by atoms with E-state index in [1.807, 2.05) is 19.1 Å². The van der Waals surface area contributed by atoms with Crippen molar-refractivity contribution >= 4 is 35.0 Å². The molecule has 0 bridgehead atoms. The second-order valence-corrected chi connectivity index (χ2v) is 7.53. The van der Waals surface area contributed by atoms with Gasteiger partial charge in [0, 0.05) is 5.56 Å². The Balaban J connectivity index is 1.80. The lowest BCUT2D eigenvalue weighted by molar-refractivity contribution is -0.143. The first-order valence-electron chi connectivity index (χ1n) is 9.66. The maximum Gasteiger partial charge on any atom is 0.325 e. The van der Waals surface area contributed by atoms with E-state index >= 15 is 0 Å². The maximum absolute atomic E-state index is 12.5. The number of methoxy groups -OCH3 is 1. The molecule has 2 amide bonds. The van der Waals surface area contributed by atoms with Crippen LogP contribution in [0.5, 0.6) is 11.5 Å². The Morgan fingerprint density at radius 1 is 1.16 bits per heavy atom. The molecule has 0 unspecified atom stereocenters. The highest BCUT2D eigenvalue weighted by Gasteiger charge is 2.36. The second kappa shape index (κ2) is 10.5. The molecule has 1 aliphatic heterocycles. The second-order valence-electron chi connectivity index (χ2n) is 6.54. The number of nitriles is 1. The number of rotatable bonds is 8. The molecule has 32 heavy (non-hydrogen) atoms. The van der Waals surface area contributed by atoms with Crippen LogP contribution in [0.1, 0.15) is 23.6 Å². The molecule has 0 radical (unpaired) electrons. The first-order valence-corrected chi connectivity index (χ1v) is 10.5. The van der Waals surface area contributed by atoms with Crippen LogP contribution in [0.4, 0.5) is 4.79 Å². The topological polar surface area (TPSA) is 106 Å². The minimum Gasteiger partial charge on any atom is -0.490 e. The highest BCUT2D eigenvalue weighted by Crippen LogP contribution is 2.35. The van der Waals surface area contributed by atoms with Crippen molar-refractivity contribution in [2.24, 2.45) is 0 Å². The predicted molar refractivity (Wildman–Crippen MR) is 118 cm³/mol. The lowest BCUT2D eigenvalue weighted by Crippen LogP contribution is -2.34. The average Bonchev–Trinajstić information content (AvgIpc) is 3.06. The van der Waals surface area contributed by atoms with Crippen LogP contribution in [0.15, 0.2) is 47.4 Å². The van der Waals surface area contributed by atoms with E-state index in [0.717, 1.165) is 22.2 Å². The van der Waals surface area contributed by atoms with Gasteiger partial charge in [0.1, 0.15) is 13.2 Å². The van der Waals surface area contributed by atoms with Gasteiger partial charge in [0.25, 0.3) is 11.1 Å². The van der Waals surface area contributed by atoms with Gasteiger partial charge >= 0.3 is 5.97 Å². The SMILES string of the molecule is CCOc1cc(/C=C2/SC(=O)N(CC(=O)OC)C2=O)ccc1OCc1ccccc1C#N. The van der Waals surface area contributed by atoms with Crippen molar-refractivity contribution in [3.63, 3.8) is 0 Å². The molecule has 0 spiro atoms. The van der Waals surface area contributed by atoms with Crippen LogP contribution in [0.2, 0.25) is 0 Å². The van der Waals surface area contributed by atoms with Crippen molar-refractivity contribution in [2.45, 2.75) is 13.5 Å². The number of carbonyl (C=O) groups excluding carboxylic acids is 3. The lowest BCUT2D eigenvalue weighted by Gasteiger charge is -2.13. The quantitative estimate of drug-likeness (QED) is 0.440. The fraction of sp³-hybridized carbons (Fsp3) is 0.217. The number of hydrogen-bond acceptors (Lipinski definition) is 8. The number of imide groups is 1. The molecule has 1 heterocycles. The third-order valence-corrected chi connectivity index (χ3v) is 5.38. The summed E-state index contributed by atoms with van der Waals surface area (Å²) in [4.78, 5) is 37.1. The van der Waals surface area contributed by atoms with Crippen LogP contribution in [0.3, 0.4) is 0 Å².